The molecule has 0 saturated heterocycles. The minimum Gasteiger partial charge on any atom is -0.481 e. The Labute approximate surface area is 138 Å². The van der Waals surface area contributed by atoms with Crippen molar-refractivity contribution in [1.29, 1.82) is 0 Å². The number of esters is 1. The Hall–Kier alpha value is -2.52. The fourth-order valence-electron chi connectivity index (χ4n) is 2.20. The predicted octanol–water partition coefficient (Wildman–Crippen LogP) is 1.12. The third kappa shape index (κ3) is 3.36. The molecule has 0 unspecified atom stereocenters. The standard InChI is InChI=1S/C15H16N2O6S/c1-17(9-7-13(18)19)24(21,22)12-5-3-4-11-10(12)6-8-16-14(11)15(20)23-2/h3-6,8H,7,9H2,1-2H3,(H,18,19). The molecule has 0 aliphatic carbocycles. The van der Waals surface area contributed by atoms with Gasteiger partial charge >= 0.3 is 11.9 Å². The van der Waals surface area contributed by atoms with E-state index in [4.69, 9.17) is 5.11 Å². The van der Waals surface area contributed by atoms with Gasteiger partial charge in [-0.1, -0.05) is 12.1 Å². The number of hydrogen-bond donors (Lipinski definition) is 1. The molecule has 0 aliphatic rings. The number of rotatable bonds is 6. The summed E-state index contributed by atoms with van der Waals surface area (Å²) < 4.78 is 31.0. The van der Waals surface area contributed by atoms with Gasteiger partial charge in [0.2, 0.25) is 10.0 Å². The lowest BCUT2D eigenvalue weighted by atomic mass is 10.1. The zero-order chi connectivity index (χ0) is 17.9. The Morgan fingerprint density at radius 3 is 2.58 bits per heavy atom. The van der Waals surface area contributed by atoms with Crippen molar-refractivity contribution < 1.29 is 27.9 Å². The van der Waals surface area contributed by atoms with Crippen LogP contribution in [0.15, 0.2) is 35.4 Å². The summed E-state index contributed by atoms with van der Waals surface area (Å²) in [6.07, 6.45) is 1.01. The molecule has 1 aromatic heterocycles. The molecule has 0 fully saturated rings. The molecule has 2 aromatic rings. The van der Waals surface area contributed by atoms with Crippen LogP contribution < -0.4 is 0 Å². The van der Waals surface area contributed by atoms with Gasteiger partial charge in [-0.3, -0.25) is 4.79 Å². The molecule has 2 rings (SSSR count). The quantitative estimate of drug-likeness (QED) is 0.775. The number of methoxy groups -OCH3 is 1. The van der Waals surface area contributed by atoms with E-state index >= 15 is 0 Å². The number of aromatic nitrogens is 1. The average Bonchev–Trinajstić information content (AvgIpc) is 2.57. The number of benzene rings is 1. The molecule has 0 bridgehead atoms. The van der Waals surface area contributed by atoms with Gasteiger partial charge in [0.05, 0.1) is 18.4 Å². The second kappa shape index (κ2) is 6.93. The number of carboxylic acids is 1. The molecule has 0 atom stereocenters. The number of sulfonamides is 1. The highest BCUT2D eigenvalue weighted by molar-refractivity contribution is 7.89. The largest absolute Gasteiger partial charge is 0.481 e. The van der Waals surface area contributed by atoms with Crippen LogP contribution in [0.25, 0.3) is 10.8 Å². The third-order valence-corrected chi connectivity index (χ3v) is 5.39. The molecular formula is C15H16N2O6S. The highest BCUT2D eigenvalue weighted by atomic mass is 32.2. The van der Waals surface area contributed by atoms with Crippen LogP contribution >= 0.6 is 0 Å². The highest BCUT2D eigenvalue weighted by Crippen LogP contribution is 2.27. The van der Waals surface area contributed by atoms with E-state index in [1.165, 1.54) is 38.6 Å². The fourth-order valence-corrected chi connectivity index (χ4v) is 3.58. The monoisotopic (exact) mass is 352 g/mol. The Bertz CT molecular complexity index is 894. The van der Waals surface area contributed by atoms with Crippen molar-refractivity contribution in [3.8, 4) is 0 Å². The van der Waals surface area contributed by atoms with Crippen molar-refractivity contribution in [2.45, 2.75) is 11.3 Å². The highest BCUT2D eigenvalue weighted by Gasteiger charge is 2.25. The van der Waals surface area contributed by atoms with Crippen molar-refractivity contribution in [3.63, 3.8) is 0 Å². The van der Waals surface area contributed by atoms with Crippen molar-refractivity contribution in [1.82, 2.24) is 9.29 Å². The summed E-state index contributed by atoms with van der Waals surface area (Å²) in [5, 5.41) is 9.37. The summed E-state index contributed by atoms with van der Waals surface area (Å²) in [6, 6.07) is 5.95. The Balaban J connectivity index is 2.57. The first-order chi connectivity index (χ1) is 11.3. The first kappa shape index (κ1) is 17.8. The molecule has 0 spiro atoms. The number of carboxylic acid groups (broad SMARTS) is 1. The van der Waals surface area contributed by atoms with E-state index in [2.05, 4.69) is 9.72 Å². The van der Waals surface area contributed by atoms with Crippen molar-refractivity contribution in [3.05, 3.63) is 36.2 Å². The first-order valence-electron chi connectivity index (χ1n) is 6.93. The molecule has 0 aliphatic heterocycles. The van der Waals surface area contributed by atoms with Crippen LogP contribution in [0.1, 0.15) is 16.9 Å². The molecule has 8 nitrogen and oxygen atoms in total. The lowest BCUT2D eigenvalue weighted by Crippen LogP contribution is -2.29. The lowest BCUT2D eigenvalue weighted by Gasteiger charge is -2.17. The van der Waals surface area contributed by atoms with E-state index < -0.39 is 22.0 Å². The molecule has 9 heteroatoms. The SMILES string of the molecule is COC(=O)c1nccc2c(S(=O)(=O)N(C)CCC(=O)O)cccc12. The van der Waals surface area contributed by atoms with E-state index in [0.29, 0.717) is 10.8 Å². The second-order valence-corrected chi connectivity index (χ2v) is 6.99. The molecular weight excluding hydrogens is 336 g/mol. The van der Waals surface area contributed by atoms with Gasteiger partial charge in [-0.25, -0.2) is 22.5 Å². The molecule has 0 radical (unpaired) electrons. The molecule has 24 heavy (non-hydrogen) atoms. The number of aliphatic carboxylic acids is 1. The van der Waals surface area contributed by atoms with E-state index in [-0.39, 0.29) is 23.6 Å². The number of hydrogen-bond acceptors (Lipinski definition) is 6. The maximum Gasteiger partial charge on any atom is 0.357 e. The summed E-state index contributed by atoms with van der Waals surface area (Å²) in [4.78, 5) is 26.4. The number of nitrogens with zero attached hydrogens (tertiary/aromatic N) is 2. The van der Waals surface area contributed by atoms with Gasteiger partial charge in [0.25, 0.3) is 0 Å². The van der Waals surface area contributed by atoms with Crippen LogP contribution in [0.5, 0.6) is 0 Å². The van der Waals surface area contributed by atoms with Crippen LogP contribution in [0.3, 0.4) is 0 Å². The second-order valence-electron chi connectivity index (χ2n) is 4.97. The van der Waals surface area contributed by atoms with E-state index in [0.717, 1.165) is 4.31 Å². The molecule has 1 heterocycles. The fraction of sp³-hybridized carbons (Fsp3) is 0.267. The molecule has 1 aromatic carbocycles. The number of carbonyl (C=O) groups excluding carboxylic acids is 1. The molecule has 0 amide bonds. The van der Waals surface area contributed by atoms with Gasteiger partial charge in [-0.2, -0.15) is 0 Å². The van der Waals surface area contributed by atoms with Gasteiger partial charge in [0.1, 0.15) is 0 Å². The summed E-state index contributed by atoms with van der Waals surface area (Å²) in [5.41, 5.74) is 0.0141. The normalized spacial score (nSPS) is 11.6. The van der Waals surface area contributed by atoms with Crippen molar-refractivity contribution in [2.24, 2.45) is 0 Å². The van der Waals surface area contributed by atoms with Crippen LogP contribution in [0.4, 0.5) is 0 Å². The van der Waals surface area contributed by atoms with Gasteiger partial charge in [0, 0.05) is 30.6 Å². The Kier molecular flexibility index (Phi) is 5.15. The van der Waals surface area contributed by atoms with Crippen molar-refractivity contribution >= 4 is 32.7 Å². The predicted molar refractivity (Wildman–Crippen MR) is 85.2 cm³/mol. The maximum absolute atomic E-state index is 12.7. The summed E-state index contributed by atoms with van der Waals surface area (Å²) >= 11 is 0. The van der Waals surface area contributed by atoms with Crippen LogP contribution in [0, 0.1) is 0 Å². The van der Waals surface area contributed by atoms with Gasteiger partial charge < -0.3 is 9.84 Å². The summed E-state index contributed by atoms with van der Waals surface area (Å²) in [5.74, 6) is -1.76. The van der Waals surface area contributed by atoms with Gasteiger partial charge in [0.15, 0.2) is 5.69 Å². The topological polar surface area (TPSA) is 114 Å². The number of fused-ring (bicyclic) bond motifs is 1. The van der Waals surface area contributed by atoms with E-state index in [1.54, 1.807) is 6.07 Å². The lowest BCUT2D eigenvalue weighted by molar-refractivity contribution is -0.137. The minimum atomic E-state index is -3.92. The van der Waals surface area contributed by atoms with E-state index in [1.807, 2.05) is 0 Å². The van der Waals surface area contributed by atoms with Crippen LogP contribution in [-0.2, 0) is 19.6 Å². The van der Waals surface area contributed by atoms with Crippen LogP contribution in [0.2, 0.25) is 0 Å². The molecule has 1 N–H and O–H groups in total. The van der Waals surface area contributed by atoms with E-state index in [9.17, 15) is 18.0 Å². The third-order valence-electron chi connectivity index (χ3n) is 3.47. The zero-order valence-electron chi connectivity index (χ0n) is 13.1. The number of carbonyl (C=O) groups is 2. The number of pyridine rings is 1. The molecule has 0 saturated carbocycles. The number of ether oxygens (including phenoxy) is 1. The van der Waals surface area contributed by atoms with Crippen molar-refractivity contribution in [2.75, 3.05) is 20.7 Å². The maximum atomic E-state index is 12.7. The Morgan fingerprint density at radius 2 is 1.96 bits per heavy atom. The van der Waals surface area contributed by atoms with Crippen LogP contribution in [-0.4, -0.2) is 55.5 Å². The smallest absolute Gasteiger partial charge is 0.357 e. The average molecular weight is 352 g/mol. The minimum absolute atomic E-state index is 0.0141. The van der Waals surface area contributed by atoms with Gasteiger partial charge in [-0.05, 0) is 12.1 Å². The Morgan fingerprint density at radius 1 is 1.25 bits per heavy atom. The van der Waals surface area contributed by atoms with Gasteiger partial charge in [-0.15, -0.1) is 0 Å². The zero-order valence-corrected chi connectivity index (χ0v) is 13.9. The summed E-state index contributed by atoms with van der Waals surface area (Å²) in [6.45, 7) is -0.164. The molecule has 128 valence electrons. The first-order valence-corrected chi connectivity index (χ1v) is 8.37. The summed E-state index contributed by atoms with van der Waals surface area (Å²) in [7, 11) is -1.40.